The van der Waals surface area contributed by atoms with Gasteiger partial charge in [-0.15, -0.1) is 0 Å². The fourth-order valence-corrected chi connectivity index (χ4v) is 6.12. The highest BCUT2D eigenvalue weighted by molar-refractivity contribution is 7.91. The number of hydrogen-bond acceptors (Lipinski definition) is 4. The van der Waals surface area contributed by atoms with E-state index in [4.69, 9.17) is 0 Å². The Labute approximate surface area is 161 Å². The first-order chi connectivity index (χ1) is 12.9. The summed E-state index contributed by atoms with van der Waals surface area (Å²) in [7, 11) is -3.52. The minimum atomic E-state index is -3.52. The van der Waals surface area contributed by atoms with E-state index in [1.54, 1.807) is 12.1 Å². The molecule has 0 spiro atoms. The zero-order valence-corrected chi connectivity index (χ0v) is 16.8. The quantitative estimate of drug-likeness (QED) is 0.753. The number of fused-ring (bicyclic) bond motifs is 1. The van der Waals surface area contributed by atoms with Crippen molar-refractivity contribution in [3.63, 3.8) is 0 Å². The van der Waals surface area contributed by atoms with Crippen LogP contribution in [0.4, 0.5) is 0 Å². The highest BCUT2D eigenvalue weighted by Gasteiger charge is 2.41. The summed E-state index contributed by atoms with van der Waals surface area (Å²) in [4.78, 5) is 11.5. The van der Waals surface area contributed by atoms with Gasteiger partial charge in [-0.3, -0.25) is 10.1 Å². The second-order valence-corrected chi connectivity index (χ2v) is 9.36. The number of rotatable bonds is 6. The predicted molar refractivity (Wildman–Crippen MR) is 108 cm³/mol. The van der Waals surface area contributed by atoms with Gasteiger partial charge in [-0.1, -0.05) is 69.2 Å². The number of unbranched alkanes of at least 4 members (excludes halogenated alkanes) is 1. The highest BCUT2D eigenvalue weighted by Crippen LogP contribution is 2.38. The van der Waals surface area contributed by atoms with Crippen molar-refractivity contribution in [3.05, 3.63) is 65.2 Å². The summed E-state index contributed by atoms with van der Waals surface area (Å²) in [6.45, 7) is 4.17. The Bertz CT molecular complexity index is 908. The van der Waals surface area contributed by atoms with E-state index in [9.17, 15) is 13.2 Å². The Hall–Kier alpha value is -1.98. The fraction of sp³-hybridized carbons (Fsp3) is 0.409. The molecule has 0 saturated heterocycles. The van der Waals surface area contributed by atoms with E-state index in [2.05, 4.69) is 12.2 Å². The van der Waals surface area contributed by atoms with Crippen LogP contribution in [0.5, 0.6) is 0 Å². The standard InChI is InChI=1S/C22H27NO3S/c1-3-5-13-22(4-2)16-27(25,26)20-14-17(15-24)11-12-19(20)21(23-22)18-9-7-6-8-10-18/h6-12,14-15,21,23H,3-5,13,16H2,1-2H3/t21-,22-/m0/s1. The van der Waals surface area contributed by atoms with Gasteiger partial charge in [0.1, 0.15) is 6.29 Å². The summed E-state index contributed by atoms with van der Waals surface area (Å²) < 4.78 is 26.6. The van der Waals surface area contributed by atoms with Crippen LogP contribution in [0.25, 0.3) is 0 Å². The molecule has 144 valence electrons. The Morgan fingerprint density at radius 1 is 1.15 bits per heavy atom. The molecular weight excluding hydrogens is 358 g/mol. The maximum atomic E-state index is 13.3. The molecule has 0 unspecified atom stereocenters. The maximum Gasteiger partial charge on any atom is 0.180 e. The van der Waals surface area contributed by atoms with Crippen molar-refractivity contribution in [3.8, 4) is 0 Å². The summed E-state index contributed by atoms with van der Waals surface area (Å²) in [6, 6.07) is 14.7. The molecule has 27 heavy (non-hydrogen) atoms. The molecule has 3 rings (SSSR count). The SMILES string of the molecule is CCCC[C@@]1(CC)CS(=O)(=O)c2cc(C=O)ccc2[C@H](c2ccccc2)N1. The minimum Gasteiger partial charge on any atom is -0.300 e. The van der Waals surface area contributed by atoms with Crippen LogP contribution in [-0.2, 0) is 9.84 Å². The molecule has 1 N–H and O–H groups in total. The van der Waals surface area contributed by atoms with Crippen molar-refractivity contribution < 1.29 is 13.2 Å². The summed E-state index contributed by atoms with van der Waals surface area (Å²) in [5.41, 5.74) is 1.65. The molecule has 0 aliphatic carbocycles. The van der Waals surface area contributed by atoms with Crippen LogP contribution in [0.15, 0.2) is 53.4 Å². The van der Waals surface area contributed by atoms with Crippen molar-refractivity contribution in [2.75, 3.05) is 5.75 Å². The summed E-state index contributed by atoms with van der Waals surface area (Å²) >= 11 is 0. The van der Waals surface area contributed by atoms with E-state index in [0.717, 1.165) is 36.8 Å². The molecule has 0 fully saturated rings. The van der Waals surface area contributed by atoms with Crippen molar-refractivity contribution in [2.45, 2.75) is 56.0 Å². The van der Waals surface area contributed by atoms with E-state index in [0.29, 0.717) is 11.8 Å². The highest BCUT2D eigenvalue weighted by atomic mass is 32.2. The first kappa shape index (κ1) is 19.8. The predicted octanol–water partition coefficient (Wildman–Crippen LogP) is 4.30. The largest absolute Gasteiger partial charge is 0.300 e. The van der Waals surface area contributed by atoms with E-state index in [1.807, 2.05) is 37.3 Å². The van der Waals surface area contributed by atoms with Gasteiger partial charge < -0.3 is 0 Å². The molecule has 1 heterocycles. The molecule has 0 saturated carbocycles. The Balaban J connectivity index is 2.22. The molecule has 5 heteroatoms. The smallest absolute Gasteiger partial charge is 0.180 e. The number of carbonyl (C=O) groups is 1. The molecule has 1 aliphatic rings. The van der Waals surface area contributed by atoms with E-state index >= 15 is 0 Å². The average molecular weight is 386 g/mol. The molecule has 2 aromatic carbocycles. The van der Waals surface area contributed by atoms with E-state index in [1.165, 1.54) is 6.07 Å². The molecule has 0 aromatic heterocycles. The van der Waals surface area contributed by atoms with Gasteiger partial charge in [-0.2, -0.15) is 0 Å². The number of sulfone groups is 1. The van der Waals surface area contributed by atoms with Crippen LogP contribution in [0, 0.1) is 0 Å². The van der Waals surface area contributed by atoms with Gasteiger partial charge in [0.25, 0.3) is 0 Å². The minimum absolute atomic E-state index is 0.0507. The molecular formula is C22H27NO3S. The van der Waals surface area contributed by atoms with Crippen molar-refractivity contribution >= 4 is 16.1 Å². The van der Waals surface area contributed by atoms with Crippen LogP contribution in [0.1, 0.15) is 67.1 Å². The summed E-state index contributed by atoms with van der Waals surface area (Å²) in [5, 5.41) is 3.71. The van der Waals surface area contributed by atoms with E-state index in [-0.39, 0.29) is 16.7 Å². The monoisotopic (exact) mass is 385 g/mol. The molecule has 0 amide bonds. The van der Waals surface area contributed by atoms with Crippen LogP contribution < -0.4 is 5.32 Å². The van der Waals surface area contributed by atoms with Gasteiger partial charge in [0.05, 0.1) is 16.7 Å². The molecule has 1 aliphatic heterocycles. The normalized spacial score (nSPS) is 24.0. The van der Waals surface area contributed by atoms with Gasteiger partial charge >= 0.3 is 0 Å². The molecule has 2 atom stereocenters. The topological polar surface area (TPSA) is 63.2 Å². The fourth-order valence-electron chi connectivity index (χ4n) is 3.95. The van der Waals surface area contributed by atoms with Gasteiger partial charge in [0, 0.05) is 11.1 Å². The maximum absolute atomic E-state index is 13.3. The summed E-state index contributed by atoms with van der Waals surface area (Å²) in [6.07, 6.45) is 4.21. The van der Waals surface area contributed by atoms with Crippen LogP contribution >= 0.6 is 0 Å². The Morgan fingerprint density at radius 3 is 2.52 bits per heavy atom. The van der Waals surface area contributed by atoms with Crippen molar-refractivity contribution in [1.29, 1.82) is 0 Å². The first-order valence-electron chi connectivity index (χ1n) is 9.59. The first-order valence-corrected chi connectivity index (χ1v) is 11.2. The lowest BCUT2D eigenvalue weighted by Gasteiger charge is -2.35. The zero-order chi connectivity index (χ0) is 19.5. The van der Waals surface area contributed by atoms with Gasteiger partial charge in [-0.25, -0.2) is 8.42 Å². The van der Waals surface area contributed by atoms with Crippen molar-refractivity contribution in [2.24, 2.45) is 0 Å². The lowest BCUT2D eigenvalue weighted by molar-refractivity contribution is 0.112. The molecule has 2 aromatic rings. The third-order valence-corrected chi connectivity index (χ3v) is 7.51. The lowest BCUT2D eigenvalue weighted by atomic mass is 9.88. The molecule has 0 bridgehead atoms. The van der Waals surface area contributed by atoms with Crippen LogP contribution in [0.3, 0.4) is 0 Å². The third-order valence-electron chi connectivity index (χ3n) is 5.56. The third kappa shape index (κ3) is 3.99. The number of aldehydes is 1. The lowest BCUT2D eigenvalue weighted by Crippen LogP contribution is -2.50. The Kier molecular flexibility index (Phi) is 5.82. The number of carbonyl (C=O) groups excluding carboxylic acids is 1. The van der Waals surface area contributed by atoms with Gasteiger partial charge in [0.2, 0.25) is 0 Å². The number of hydrogen-bond donors (Lipinski definition) is 1. The van der Waals surface area contributed by atoms with Gasteiger partial charge in [-0.05, 0) is 30.0 Å². The summed E-state index contributed by atoms with van der Waals surface area (Å²) in [5.74, 6) is 0.0507. The van der Waals surface area contributed by atoms with Crippen LogP contribution in [-0.4, -0.2) is 26.0 Å². The number of benzene rings is 2. The second kappa shape index (κ2) is 7.95. The van der Waals surface area contributed by atoms with Crippen molar-refractivity contribution in [1.82, 2.24) is 5.32 Å². The van der Waals surface area contributed by atoms with Gasteiger partial charge in [0.15, 0.2) is 9.84 Å². The second-order valence-electron chi connectivity index (χ2n) is 7.40. The number of nitrogens with one attached hydrogen (secondary N) is 1. The van der Waals surface area contributed by atoms with Crippen LogP contribution in [0.2, 0.25) is 0 Å². The zero-order valence-electron chi connectivity index (χ0n) is 15.9. The average Bonchev–Trinajstić information content (AvgIpc) is 2.79. The van der Waals surface area contributed by atoms with E-state index < -0.39 is 15.4 Å². The molecule has 4 nitrogen and oxygen atoms in total. The molecule has 0 radical (unpaired) electrons. The Morgan fingerprint density at radius 2 is 1.89 bits per heavy atom.